The van der Waals surface area contributed by atoms with Gasteiger partial charge >= 0.3 is 5.96 Å². The van der Waals surface area contributed by atoms with Gasteiger partial charge in [0.25, 0.3) is 0 Å². The van der Waals surface area contributed by atoms with Crippen LogP contribution >= 0.6 is 0 Å². The van der Waals surface area contributed by atoms with Crippen molar-refractivity contribution in [2.24, 2.45) is 21.5 Å². The van der Waals surface area contributed by atoms with Crippen molar-refractivity contribution in [3.8, 4) is 17.6 Å². The Kier molecular flexibility index (Phi) is 9.06. The molecular weight excluding hydrogens is 418 g/mol. The SMILES string of the molecule is COc1cc(N=C(N)N=C(N)[NH2+]c2ccc(C#N)cc2)ccc1OCCCN1CCCCC1. The molecule has 9 nitrogen and oxygen atoms in total. The number of methoxy groups -OCH3 is 1. The van der Waals surface area contributed by atoms with Crippen molar-refractivity contribution in [2.45, 2.75) is 25.7 Å². The van der Waals surface area contributed by atoms with Crippen LogP contribution in [0.15, 0.2) is 52.4 Å². The summed E-state index contributed by atoms with van der Waals surface area (Å²) in [7, 11) is 1.59. The van der Waals surface area contributed by atoms with E-state index in [1.807, 2.05) is 6.07 Å². The van der Waals surface area contributed by atoms with Gasteiger partial charge in [-0.2, -0.15) is 5.26 Å². The molecule has 0 amide bonds. The molecule has 0 aliphatic carbocycles. The van der Waals surface area contributed by atoms with Crippen LogP contribution in [0.5, 0.6) is 11.5 Å². The van der Waals surface area contributed by atoms with E-state index in [-0.39, 0.29) is 11.9 Å². The predicted octanol–water partition coefficient (Wildman–Crippen LogP) is 1.98. The van der Waals surface area contributed by atoms with E-state index in [0.29, 0.717) is 29.4 Å². The monoisotopic (exact) mass is 450 g/mol. The Morgan fingerprint density at radius 3 is 2.55 bits per heavy atom. The van der Waals surface area contributed by atoms with Gasteiger partial charge in [-0.1, -0.05) is 6.42 Å². The number of benzene rings is 2. The highest BCUT2D eigenvalue weighted by Gasteiger charge is 2.10. The Morgan fingerprint density at radius 2 is 1.85 bits per heavy atom. The third-order valence-corrected chi connectivity index (χ3v) is 5.31. The van der Waals surface area contributed by atoms with E-state index in [1.165, 1.54) is 32.4 Å². The lowest BCUT2D eigenvalue weighted by molar-refractivity contribution is -0.445. The molecule has 1 fully saturated rings. The number of quaternary nitrogens is 1. The van der Waals surface area contributed by atoms with E-state index >= 15 is 0 Å². The molecule has 0 bridgehead atoms. The summed E-state index contributed by atoms with van der Waals surface area (Å²) in [6.07, 6.45) is 4.91. The van der Waals surface area contributed by atoms with Crippen LogP contribution in [0, 0.1) is 11.3 Å². The number of hydrogen-bond acceptors (Lipinski definition) is 5. The van der Waals surface area contributed by atoms with Crippen molar-refractivity contribution in [3.05, 3.63) is 48.0 Å². The Labute approximate surface area is 194 Å². The van der Waals surface area contributed by atoms with E-state index in [9.17, 15) is 0 Å². The van der Waals surface area contributed by atoms with Crippen LogP contribution in [-0.4, -0.2) is 50.2 Å². The summed E-state index contributed by atoms with van der Waals surface area (Å²) in [5.74, 6) is 1.49. The molecule has 6 N–H and O–H groups in total. The highest BCUT2D eigenvalue weighted by Crippen LogP contribution is 2.31. The lowest BCUT2D eigenvalue weighted by Gasteiger charge is -2.26. The molecule has 0 saturated carbocycles. The molecule has 0 atom stereocenters. The number of likely N-dealkylation sites (tertiary alicyclic amines) is 1. The van der Waals surface area contributed by atoms with Crippen molar-refractivity contribution < 1.29 is 14.8 Å². The van der Waals surface area contributed by atoms with Crippen LogP contribution in [0.4, 0.5) is 11.4 Å². The molecule has 1 saturated heterocycles. The van der Waals surface area contributed by atoms with Gasteiger partial charge in [0.1, 0.15) is 5.69 Å². The molecule has 0 aromatic heterocycles. The predicted molar refractivity (Wildman–Crippen MR) is 129 cm³/mol. The third kappa shape index (κ3) is 7.79. The summed E-state index contributed by atoms with van der Waals surface area (Å²) < 4.78 is 11.4. The second-order valence-electron chi connectivity index (χ2n) is 7.82. The quantitative estimate of drug-likeness (QED) is 0.243. The maximum absolute atomic E-state index is 8.87. The van der Waals surface area contributed by atoms with Crippen LogP contribution in [0.1, 0.15) is 31.2 Å². The van der Waals surface area contributed by atoms with Gasteiger partial charge in [-0.25, -0.2) is 10.3 Å². The number of nitrogens with zero attached hydrogens (tertiary/aromatic N) is 4. The number of hydrogen-bond donors (Lipinski definition) is 3. The van der Waals surface area contributed by atoms with Crippen molar-refractivity contribution >= 4 is 23.3 Å². The summed E-state index contributed by atoms with van der Waals surface area (Å²) in [6, 6.07) is 14.4. The first-order chi connectivity index (χ1) is 16.1. The van der Waals surface area contributed by atoms with Crippen LogP contribution in [0.3, 0.4) is 0 Å². The summed E-state index contributed by atoms with van der Waals surface area (Å²) in [6.45, 7) is 4.06. The van der Waals surface area contributed by atoms with Gasteiger partial charge in [-0.05, 0) is 56.6 Å². The van der Waals surface area contributed by atoms with Crippen molar-refractivity contribution in [2.75, 3.05) is 33.4 Å². The standard InChI is InChI=1S/C24H31N7O2/c1-32-22-16-20(10-11-21(22)33-15-5-14-31-12-3-2-4-13-31)29-24(27)30-23(26)28-19-8-6-18(17-25)7-9-19/h6-11,16H,2-5,12-15H2,1H3,(H5,26,27,28,29,30)/p+1. The Bertz CT molecular complexity index is 1010. The highest BCUT2D eigenvalue weighted by atomic mass is 16.5. The van der Waals surface area contributed by atoms with Gasteiger partial charge in [0.2, 0.25) is 5.96 Å². The number of piperidine rings is 1. The largest absolute Gasteiger partial charge is 0.493 e. The first kappa shape index (κ1) is 24.0. The zero-order valence-electron chi connectivity index (χ0n) is 19.0. The maximum atomic E-state index is 8.87. The maximum Gasteiger partial charge on any atom is 0.304 e. The second kappa shape index (κ2) is 12.4. The fraction of sp³-hybridized carbons (Fsp3) is 0.375. The van der Waals surface area contributed by atoms with Crippen molar-refractivity contribution in [3.63, 3.8) is 0 Å². The first-order valence-electron chi connectivity index (χ1n) is 11.1. The molecule has 1 aliphatic rings. The number of nitriles is 1. The molecule has 2 aromatic carbocycles. The zero-order chi connectivity index (χ0) is 23.5. The molecule has 1 heterocycles. The van der Waals surface area contributed by atoms with Gasteiger partial charge in [-0.15, -0.1) is 4.99 Å². The molecule has 0 radical (unpaired) electrons. The van der Waals surface area contributed by atoms with Crippen LogP contribution in [-0.2, 0) is 0 Å². The number of rotatable bonds is 8. The topological polar surface area (TPSA) is 139 Å². The molecule has 9 heteroatoms. The van der Waals surface area contributed by atoms with E-state index in [4.69, 9.17) is 26.2 Å². The van der Waals surface area contributed by atoms with Gasteiger partial charge in [0.05, 0.1) is 31.0 Å². The average molecular weight is 451 g/mol. The number of guanidine groups is 2. The molecule has 2 aromatic rings. The average Bonchev–Trinajstić information content (AvgIpc) is 2.83. The fourth-order valence-electron chi connectivity index (χ4n) is 3.64. The molecule has 3 rings (SSSR count). The van der Waals surface area contributed by atoms with Crippen molar-refractivity contribution in [1.29, 1.82) is 5.26 Å². The van der Waals surface area contributed by atoms with E-state index in [2.05, 4.69) is 21.0 Å². The second-order valence-corrected chi connectivity index (χ2v) is 7.82. The summed E-state index contributed by atoms with van der Waals surface area (Å²) >= 11 is 0. The van der Waals surface area contributed by atoms with Crippen molar-refractivity contribution in [1.82, 2.24) is 4.90 Å². The van der Waals surface area contributed by atoms with Gasteiger partial charge in [0.15, 0.2) is 11.5 Å². The lowest BCUT2D eigenvalue weighted by Crippen LogP contribution is -2.85. The zero-order valence-corrected chi connectivity index (χ0v) is 19.0. The minimum Gasteiger partial charge on any atom is -0.493 e. The van der Waals surface area contributed by atoms with Crippen LogP contribution in [0.25, 0.3) is 0 Å². The molecule has 0 unspecified atom stereocenters. The molecule has 1 aliphatic heterocycles. The van der Waals surface area contributed by atoms with Gasteiger partial charge < -0.3 is 25.8 Å². The summed E-state index contributed by atoms with van der Waals surface area (Å²) in [5.41, 5.74) is 13.9. The molecule has 0 spiro atoms. The third-order valence-electron chi connectivity index (χ3n) is 5.31. The Morgan fingerprint density at radius 1 is 1.09 bits per heavy atom. The summed E-state index contributed by atoms with van der Waals surface area (Å²) in [5, 5.41) is 10.5. The van der Waals surface area contributed by atoms with E-state index in [1.54, 1.807) is 48.8 Å². The molecule has 174 valence electrons. The lowest BCUT2D eigenvalue weighted by atomic mass is 10.1. The Balaban J connectivity index is 1.55. The summed E-state index contributed by atoms with van der Waals surface area (Å²) in [4.78, 5) is 10.9. The highest BCUT2D eigenvalue weighted by molar-refractivity contribution is 5.91. The number of aliphatic imine (C=N–C) groups is 2. The van der Waals surface area contributed by atoms with Crippen LogP contribution in [0.2, 0.25) is 0 Å². The van der Waals surface area contributed by atoms with Crippen LogP contribution < -0.4 is 26.3 Å². The van der Waals surface area contributed by atoms with Gasteiger partial charge in [0, 0.05) is 24.7 Å². The molecule has 33 heavy (non-hydrogen) atoms. The van der Waals surface area contributed by atoms with E-state index < -0.39 is 0 Å². The Hall–Kier alpha value is -3.61. The molecular formula is C24H32N7O2+. The van der Waals surface area contributed by atoms with Gasteiger partial charge in [-0.3, -0.25) is 0 Å². The number of nitrogens with two attached hydrogens (primary N) is 3. The normalized spacial score (nSPS) is 15.2. The fourth-order valence-corrected chi connectivity index (χ4v) is 3.64. The smallest absolute Gasteiger partial charge is 0.304 e. The minimum absolute atomic E-state index is 0.0228. The minimum atomic E-state index is 0.0228. The van der Waals surface area contributed by atoms with E-state index in [0.717, 1.165) is 18.7 Å². The number of ether oxygens (including phenoxy) is 2. The first-order valence-corrected chi connectivity index (χ1v) is 11.1.